The zero-order chi connectivity index (χ0) is 22.9. The maximum atomic E-state index is 12.5. The molecule has 4 rings (SSSR count). The van der Waals surface area contributed by atoms with Gasteiger partial charge in [-0.3, -0.25) is 24.1 Å². The van der Waals surface area contributed by atoms with Crippen molar-refractivity contribution in [3.05, 3.63) is 35.5 Å². The molecule has 0 aromatic heterocycles. The lowest BCUT2D eigenvalue weighted by Crippen LogP contribution is -2.70. The zero-order valence-corrected chi connectivity index (χ0v) is 18.4. The molecule has 10 heteroatoms. The number of likely N-dealkylation sites (tertiary alicyclic amines) is 1. The van der Waals surface area contributed by atoms with Crippen LogP contribution in [0.3, 0.4) is 0 Å². The van der Waals surface area contributed by atoms with Crippen molar-refractivity contribution in [3.63, 3.8) is 0 Å². The fraction of sp³-hybridized carbons (Fsp3) is 0.381. The molecule has 2 atom stereocenters. The SMILES string of the molecule is COC(=O)C(=C(C)C)N1C(=O)C(NC(C)=O)C1SN1C(=O)CCC1=O.c1cc2cc-2c1. The number of rotatable bonds is 5. The van der Waals surface area contributed by atoms with Crippen LogP contribution >= 0.6 is 11.9 Å². The molecule has 0 radical (unpaired) electrons. The molecule has 2 aliphatic heterocycles. The monoisotopic (exact) mass is 445 g/mol. The van der Waals surface area contributed by atoms with Crippen molar-refractivity contribution in [2.75, 3.05) is 7.11 Å². The summed E-state index contributed by atoms with van der Waals surface area (Å²) in [6, 6.07) is 7.54. The van der Waals surface area contributed by atoms with Crippen molar-refractivity contribution in [2.45, 2.75) is 45.0 Å². The van der Waals surface area contributed by atoms with Gasteiger partial charge in [-0.2, -0.15) is 0 Å². The number of carbonyl (C=O) groups is 5. The van der Waals surface area contributed by atoms with Crippen LogP contribution in [0.5, 0.6) is 0 Å². The Balaban J connectivity index is 0.000000381. The number of benzene rings is 1. The highest BCUT2D eigenvalue weighted by Gasteiger charge is 2.54. The largest absolute Gasteiger partial charge is 0.464 e. The van der Waals surface area contributed by atoms with Crippen molar-refractivity contribution in [1.82, 2.24) is 14.5 Å². The van der Waals surface area contributed by atoms with Gasteiger partial charge in [0, 0.05) is 19.8 Å². The summed E-state index contributed by atoms with van der Waals surface area (Å²) >= 11 is 0.828. The lowest BCUT2D eigenvalue weighted by Gasteiger charge is -2.47. The van der Waals surface area contributed by atoms with Crippen LogP contribution < -0.4 is 5.32 Å². The first-order valence-corrected chi connectivity index (χ1v) is 10.5. The number of esters is 1. The number of nitrogens with one attached hydrogen (secondary N) is 1. The minimum atomic E-state index is -0.942. The van der Waals surface area contributed by atoms with E-state index in [2.05, 4.69) is 29.6 Å². The first kappa shape index (κ1) is 22.5. The molecule has 0 saturated carbocycles. The second-order valence-corrected chi connectivity index (χ2v) is 8.44. The smallest absolute Gasteiger partial charge is 0.354 e. The van der Waals surface area contributed by atoms with Gasteiger partial charge in [0.25, 0.3) is 5.91 Å². The van der Waals surface area contributed by atoms with Crippen LogP contribution in [0.15, 0.2) is 35.5 Å². The third-order valence-corrected chi connectivity index (χ3v) is 6.14. The summed E-state index contributed by atoms with van der Waals surface area (Å²) in [5.74, 6) is -2.38. The molecule has 0 bridgehead atoms. The number of fused-ring (bicyclic) bond motifs is 1. The second-order valence-electron chi connectivity index (χ2n) is 7.39. The summed E-state index contributed by atoms with van der Waals surface area (Å²) in [6.45, 7) is 4.53. The predicted octanol–water partition coefficient (Wildman–Crippen LogP) is 1.59. The number of nitrogens with zero attached hydrogens (tertiary/aromatic N) is 2. The van der Waals surface area contributed by atoms with E-state index in [9.17, 15) is 24.0 Å². The minimum absolute atomic E-state index is 0.0331. The second kappa shape index (κ2) is 8.93. The molecule has 2 aliphatic carbocycles. The van der Waals surface area contributed by atoms with Crippen molar-refractivity contribution in [2.24, 2.45) is 0 Å². The first-order chi connectivity index (χ1) is 14.6. The van der Waals surface area contributed by atoms with E-state index < -0.39 is 29.2 Å². The number of hydrogen-bond acceptors (Lipinski definition) is 7. The molecule has 4 amide bonds. The van der Waals surface area contributed by atoms with E-state index >= 15 is 0 Å². The van der Waals surface area contributed by atoms with Gasteiger partial charge >= 0.3 is 5.97 Å². The summed E-state index contributed by atoms with van der Waals surface area (Å²) in [5, 5.41) is 1.69. The number of β-lactam (4-membered cyclic amide) rings is 1. The minimum Gasteiger partial charge on any atom is -0.464 e. The van der Waals surface area contributed by atoms with Crippen molar-refractivity contribution in [3.8, 4) is 11.1 Å². The van der Waals surface area contributed by atoms with Gasteiger partial charge < -0.3 is 10.1 Å². The molecule has 31 heavy (non-hydrogen) atoms. The summed E-state index contributed by atoms with van der Waals surface area (Å²) < 4.78 is 5.71. The molecule has 1 N–H and O–H groups in total. The Labute approximate surface area is 183 Å². The van der Waals surface area contributed by atoms with E-state index in [0.29, 0.717) is 5.57 Å². The average molecular weight is 445 g/mol. The maximum Gasteiger partial charge on any atom is 0.354 e. The topological polar surface area (TPSA) is 113 Å². The number of carbonyl (C=O) groups excluding carboxylic acids is 5. The molecule has 2 fully saturated rings. The summed E-state index contributed by atoms with van der Waals surface area (Å²) in [4.78, 5) is 60.8. The van der Waals surface area contributed by atoms with E-state index in [1.54, 1.807) is 13.8 Å². The molecule has 164 valence electrons. The molecule has 2 heterocycles. The number of ether oxygens (including phenoxy) is 1. The molecule has 0 aromatic carbocycles. The van der Waals surface area contributed by atoms with Gasteiger partial charge in [-0.15, -0.1) is 0 Å². The number of methoxy groups -OCH3 is 1. The number of imide groups is 1. The molecule has 0 spiro atoms. The highest BCUT2D eigenvalue weighted by atomic mass is 32.2. The van der Waals surface area contributed by atoms with Crippen LogP contribution in [0.1, 0.15) is 33.6 Å². The fourth-order valence-corrected chi connectivity index (χ4v) is 4.50. The quantitative estimate of drug-likeness (QED) is 0.244. The van der Waals surface area contributed by atoms with E-state index in [4.69, 9.17) is 4.74 Å². The first-order valence-electron chi connectivity index (χ1n) is 9.64. The van der Waals surface area contributed by atoms with E-state index in [1.165, 1.54) is 25.2 Å². The third-order valence-electron chi connectivity index (χ3n) is 4.83. The van der Waals surface area contributed by atoms with Gasteiger partial charge in [0.05, 0.1) is 7.11 Å². The van der Waals surface area contributed by atoms with Gasteiger partial charge in [0.15, 0.2) is 0 Å². The van der Waals surface area contributed by atoms with E-state index in [-0.39, 0.29) is 30.4 Å². The van der Waals surface area contributed by atoms with Gasteiger partial charge in [0.1, 0.15) is 17.1 Å². The fourth-order valence-electron chi connectivity index (χ4n) is 3.26. The van der Waals surface area contributed by atoms with Crippen LogP contribution in [0.4, 0.5) is 0 Å². The van der Waals surface area contributed by atoms with E-state index in [1.807, 2.05) is 0 Å². The van der Waals surface area contributed by atoms with Gasteiger partial charge in [0.2, 0.25) is 17.7 Å². The summed E-state index contributed by atoms with van der Waals surface area (Å²) in [6.07, 6.45) is 0.202. The highest BCUT2D eigenvalue weighted by molar-refractivity contribution is 7.98. The van der Waals surface area contributed by atoms with Crippen LogP contribution in [0, 0.1) is 0 Å². The lowest BCUT2D eigenvalue weighted by molar-refractivity contribution is -0.151. The zero-order valence-electron chi connectivity index (χ0n) is 17.6. The average Bonchev–Trinajstić information content (AvgIpc) is 3.19. The number of hydrogen-bond donors (Lipinski definition) is 1. The standard InChI is InChI=1S/C15H19N3O6S.C6H4/c1-7(2)12(15(23)24-4)17-13(22)11(16-8(3)19)14(17)25-18-9(20)5-6-10(18)21;1-2-5-4-6(5)3-1/h11,14H,5-6H2,1-4H3,(H,16,19);1-4H. The maximum absolute atomic E-state index is 12.5. The van der Waals surface area contributed by atoms with Crippen LogP contribution in [0.2, 0.25) is 0 Å². The lowest BCUT2D eigenvalue weighted by atomic mass is 10.0. The Morgan fingerprint density at radius 3 is 2.03 bits per heavy atom. The highest BCUT2D eigenvalue weighted by Crippen LogP contribution is 2.38. The third kappa shape index (κ3) is 4.63. The van der Waals surface area contributed by atoms with Crippen LogP contribution in [-0.2, 0) is 28.7 Å². The van der Waals surface area contributed by atoms with Crippen LogP contribution in [0.25, 0.3) is 11.1 Å². The Morgan fingerprint density at radius 1 is 1.06 bits per heavy atom. The van der Waals surface area contributed by atoms with Crippen LogP contribution in [-0.4, -0.2) is 57.3 Å². The normalized spacial score (nSPS) is 20.5. The molecular formula is C21H23N3O6S. The van der Waals surface area contributed by atoms with Crippen molar-refractivity contribution >= 4 is 41.5 Å². The molecule has 2 saturated heterocycles. The molecule has 2 unspecified atom stereocenters. The van der Waals surface area contributed by atoms with Crippen molar-refractivity contribution < 1.29 is 28.7 Å². The van der Waals surface area contributed by atoms with Gasteiger partial charge in [-0.1, -0.05) is 18.2 Å². The van der Waals surface area contributed by atoms with E-state index in [0.717, 1.165) is 21.2 Å². The molecule has 4 aliphatic rings. The number of amides is 4. The van der Waals surface area contributed by atoms with Gasteiger partial charge in [-0.05, 0) is 48.6 Å². The van der Waals surface area contributed by atoms with Crippen molar-refractivity contribution in [1.29, 1.82) is 0 Å². The van der Waals surface area contributed by atoms with Gasteiger partial charge in [-0.25, -0.2) is 9.10 Å². The Morgan fingerprint density at radius 2 is 1.65 bits per heavy atom. The summed E-state index contributed by atoms with van der Waals surface area (Å²) in [5.41, 5.74) is 3.42. The summed E-state index contributed by atoms with van der Waals surface area (Å²) in [7, 11) is 1.19. The predicted molar refractivity (Wildman–Crippen MR) is 113 cm³/mol. The Bertz CT molecular complexity index is 967. The Hall–Kier alpha value is -3.14. The molecule has 9 nitrogen and oxygen atoms in total. The molecule has 0 aromatic rings. The number of allylic oxidation sites excluding steroid dienone is 1. The molecular weight excluding hydrogens is 422 g/mol. The Kier molecular flexibility index (Phi) is 6.49.